The number of hydrogen-bond donors (Lipinski definition) is 2. The standard InChI is InChI=1S/C16H22O2/c1-16(2,3)15-13(17)9-12(10-14(15)18)11-7-5-4-6-8-11/h5,7,9-11,17-18H,4,6,8H2,1-3H3. The molecule has 2 nitrogen and oxygen atoms in total. The van der Waals surface area contributed by atoms with Crippen LogP contribution in [0.15, 0.2) is 24.3 Å². The molecule has 1 aliphatic rings. The first-order valence-electron chi connectivity index (χ1n) is 6.62. The Morgan fingerprint density at radius 1 is 1.11 bits per heavy atom. The van der Waals surface area contributed by atoms with Gasteiger partial charge in [-0.3, -0.25) is 0 Å². The molecule has 0 saturated heterocycles. The van der Waals surface area contributed by atoms with Crippen LogP contribution in [0.25, 0.3) is 0 Å². The van der Waals surface area contributed by atoms with Gasteiger partial charge in [-0.1, -0.05) is 32.9 Å². The quantitative estimate of drug-likeness (QED) is 0.728. The fourth-order valence-electron chi connectivity index (χ4n) is 2.71. The molecule has 0 spiro atoms. The van der Waals surface area contributed by atoms with Crippen molar-refractivity contribution < 1.29 is 10.2 Å². The molecule has 1 aromatic carbocycles. The Labute approximate surface area is 109 Å². The lowest BCUT2D eigenvalue weighted by Crippen LogP contribution is -2.12. The number of phenolic OH excluding ortho intramolecular Hbond substituents is 2. The van der Waals surface area contributed by atoms with Crippen LogP contribution in [0.1, 0.15) is 57.1 Å². The number of allylic oxidation sites excluding steroid dienone is 2. The van der Waals surface area contributed by atoms with Crippen molar-refractivity contribution in [1.82, 2.24) is 0 Å². The summed E-state index contributed by atoms with van der Waals surface area (Å²) in [6.07, 6.45) is 7.75. The van der Waals surface area contributed by atoms with Crippen molar-refractivity contribution in [2.45, 2.75) is 51.4 Å². The fraction of sp³-hybridized carbons (Fsp3) is 0.500. The molecule has 1 atom stereocenters. The summed E-state index contributed by atoms with van der Waals surface area (Å²) in [5.41, 5.74) is 1.38. The van der Waals surface area contributed by atoms with Crippen LogP contribution < -0.4 is 0 Å². The Balaban J connectivity index is 2.42. The van der Waals surface area contributed by atoms with Gasteiger partial charge in [-0.2, -0.15) is 0 Å². The summed E-state index contributed by atoms with van der Waals surface area (Å²) in [4.78, 5) is 0. The van der Waals surface area contributed by atoms with E-state index in [1.165, 1.54) is 6.42 Å². The highest BCUT2D eigenvalue weighted by Gasteiger charge is 2.24. The number of hydrogen-bond acceptors (Lipinski definition) is 2. The molecule has 1 unspecified atom stereocenters. The normalized spacial score (nSPS) is 20.1. The lowest BCUT2D eigenvalue weighted by Gasteiger charge is -2.24. The van der Waals surface area contributed by atoms with Crippen molar-refractivity contribution in [1.29, 1.82) is 0 Å². The molecule has 1 aliphatic carbocycles. The second-order valence-electron chi connectivity index (χ2n) is 6.15. The first-order chi connectivity index (χ1) is 8.39. The van der Waals surface area contributed by atoms with E-state index in [1.807, 2.05) is 20.8 Å². The fourth-order valence-corrected chi connectivity index (χ4v) is 2.71. The molecule has 0 heterocycles. The van der Waals surface area contributed by atoms with E-state index in [9.17, 15) is 10.2 Å². The van der Waals surface area contributed by atoms with Gasteiger partial charge in [0.1, 0.15) is 11.5 Å². The second-order valence-corrected chi connectivity index (χ2v) is 6.15. The third-order valence-electron chi connectivity index (χ3n) is 3.55. The van der Waals surface area contributed by atoms with Crippen molar-refractivity contribution in [2.75, 3.05) is 0 Å². The van der Waals surface area contributed by atoms with Crippen LogP contribution >= 0.6 is 0 Å². The van der Waals surface area contributed by atoms with E-state index in [0.29, 0.717) is 11.5 Å². The van der Waals surface area contributed by atoms with Crippen LogP contribution in [-0.4, -0.2) is 10.2 Å². The van der Waals surface area contributed by atoms with Crippen molar-refractivity contribution in [3.63, 3.8) is 0 Å². The molecule has 2 N–H and O–H groups in total. The van der Waals surface area contributed by atoms with Crippen LogP contribution in [-0.2, 0) is 5.41 Å². The van der Waals surface area contributed by atoms with Gasteiger partial charge in [0, 0.05) is 11.5 Å². The van der Waals surface area contributed by atoms with Crippen LogP contribution in [0, 0.1) is 0 Å². The summed E-state index contributed by atoms with van der Waals surface area (Å²) in [5, 5.41) is 20.3. The van der Waals surface area contributed by atoms with Gasteiger partial charge >= 0.3 is 0 Å². The van der Waals surface area contributed by atoms with Gasteiger partial charge < -0.3 is 10.2 Å². The molecule has 2 rings (SSSR count). The molecular weight excluding hydrogens is 224 g/mol. The average molecular weight is 246 g/mol. The summed E-state index contributed by atoms with van der Waals surface area (Å²) < 4.78 is 0. The minimum absolute atomic E-state index is 0.205. The second kappa shape index (κ2) is 4.68. The van der Waals surface area contributed by atoms with E-state index in [2.05, 4.69) is 12.2 Å². The van der Waals surface area contributed by atoms with Crippen LogP contribution in [0.2, 0.25) is 0 Å². The molecular formula is C16H22O2. The van der Waals surface area contributed by atoms with Gasteiger partial charge in [0.2, 0.25) is 0 Å². The SMILES string of the molecule is CC(C)(C)c1c(O)cc(C2C=CCCC2)cc1O. The maximum Gasteiger partial charge on any atom is 0.123 e. The van der Waals surface area contributed by atoms with Gasteiger partial charge in [0.15, 0.2) is 0 Å². The molecule has 98 valence electrons. The van der Waals surface area contributed by atoms with Crippen molar-refractivity contribution in [3.05, 3.63) is 35.4 Å². The van der Waals surface area contributed by atoms with Crippen LogP contribution in [0.4, 0.5) is 0 Å². The Hall–Kier alpha value is -1.44. The maximum atomic E-state index is 10.2. The highest BCUT2D eigenvalue weighted by Crippen LogP contribution is 2.41. The summed E-state index contributed by atoms with van der Waals surface area (Å²) in [7, 11) is 0. The summed E-state index contributed by atoms with van der Waals surface area (Å²) in [6.45, 7) is 5.96. The smallest absolute Gasteiger partial charge is 0.123 e. The average Bonchev–Trinajstić information content (AvgIpc) is 2.27. The van der Waals surface area contributed by atoms with Crippen molar-refractivity contribution in [3.8, 4) is 11.5 Å². The van der Waals surface area contributed by atoms with E-state index in [4.69, 9.17) is 0 Å². The van der Waals surface area contributed by atoms with Gasteiger partial charge in [-0.05, 0) is 42.4 Å². The molecule has 2 heteroatoms. The minimum atomic E-state index is -0.255. The van der Waals surface area contributed by atoms with E-state index in [1.54, 1.807) is 12.1 Å². The highest BCUT2D eigenvalue weighted by atomic mass is 16.3. The molecule has 0 radical (unpaired) electrons. The lowest BCUT2D eigenvalue weighted by molar-refractivity contribution is 0.408. The zero-order chi connectivity index (χ0) is 13.3. The third kappa shape index (κ3) is 2.53. The minimum Gasteiger partial charge on any atom is -0.507 e. The number of rotatable bonds is 1. The zero-order valence-electron chi connectivity index (χ0n) is 11.4. The topological polar surface area (TPSA) is 40.5 Å². The van der Waals surface area contributed by atoms with Crippen molar-refractivity contribution >= 4 is 0 Å². The van der Waals surface area contributed by atoms with E-state index in [0.717, 1.165) is 18.4 Å². The predicted octanol–water partition coefficient (Wildman–Crippen LogP) is 4.22. The highest BCUT2D eigenvalue weighted by molar-refractivity contribution is 5.51. The monoisotopic (exact) mass is 246 g/mol. The molecule has 0 saturated carbocycles. The van der Waals surface area contributed by atoms with Crippen molar-refractivity contribution in [2.24, 2.45) is 0 Å². The molecule has 0 fully saturated rings. The molecule has 0 bridgehead atoms. The van der Waals surface area contributed by atoms with Crippen LogP contribution in [0.5, 0.6) is 11.5 Å². The van der Waals surface area contributed by atoms with Gasteiger partial charge in [0.05, 0.1) is 0 Å². The molecule has 0 amide bonds. The Morgan fingerprint density at radius 2 is 1.72 bits per heavy atom. The Bertz CT molecular complexity index is 443. The van der Waals surface area contributed by atoms with E-state index in [-0.39, 0.29) is 16.9 Å². The first kappa shape index (κ1) is 13.0. The van der Waals surface area contributed by atoms with Gasteiger partial charge in [-0.15, -0.1) is 0 Å². The number of phenols is 2. The Morgan fingerprint density at radius 3 is 2.17 bits per heavy atom. The van der Waals surface area contributed by atoms with Crippen LogP contribution in [0.3, 0.4) is 0 Å². The molecule has 0 aliphatic heterocycles. The summed E-state index contributed by atoms with van der Waals surface area (Å²) >= 11 is 0. The maximum absolute atomic E-state index is 10.2. The lowest BCUT2D eigenvalue weighted by atomic mass is 9.82. The zero-order valence-corrected chi connectivity index (χ0v) is 11.4. The molecule has 0 aromatic heterocycles. The van der Waals surface area contributed by atoms with E-state index < -0.39 is 0 Å². The van der Waals surface area contributed by atoms with Gasteiger partial charge in [-0.25, -0.2) is 0 Å². The third-order valence-corrected chi connectivity index (χ3v) is 3.55. The Kier molecular flexibility index (Phi) is 3.38. The molecule has 1 aromatic rings. The predicted molar refractivity (Wildman–Crippen MR) is 74.2 cm³/mol. The molecule has 18 heavy (non-hydrogen) atoms. The summed E-state index contributed by atoms with van der Waals surface area (Å²) in [5.74, 6) is 0.734. The first-order valence-corrected chi connectivity index (χ1v) is 6.62. The largest absolute Gasteiger partial charge is 0.507 e. The van der Waals surface area contributed by atoms with E-state index >= 15 is 0 Å². The summed E-state index contributed by atoms with van der Waals surface area (Å²) in [6, 6.07) is 3.61. The number of benzene rings is 1. The van der Waals surface area contributed by atoms with Gasteiger partial charge in [0.25, 0.3) is 0 Å². The number of aromatic hydroxyl groups is 2.